The molecule has 0 aromatic heterocycles. The van der Waals surface area contributed by atoms with Crippen LogP contribution in [0, 0.1) is 0 Å². The van der Waals surface area contributed by atoms with E-state index < -0.39 is 5.91 Å². The number of carbonyl (C=O) groups is 3. The molecular weight excluding hydrogens is 394 g/mol. The summed E-state index contributed by atoms with van der Waals surface area (Å²) in [7, 11) is 0. The van der Waals surface area contributed by atoms with Gasteiger partial charge in [0.1, 0.15) is 11.4 Å². The van der Waals surface area contributed by atoms with Gasteiger partial charge < -0.3 is 15.4 Å². The number of ether oxygens (including phenoxy) is 1. The lowest BCUT2D eigenvalue weighted by molar-refractivity contribution is -0.136. The summed E-state index contributed by atoms with van der Waals surface area (Å²) in [5, 5.41) is 5.77. The quantitative estimate of drug-likeness (QED) is 0.477. The highest BCUT2D eigenvalue weighted by molar-refractivity contribution is 6.36. The van der Waals surface area contributed by atoms with Crippen LogP contribution < -0.4 is 15.4 Å². The summed E-state index contributed by atoms with van der Waals surface area (Å²) in [4.78, 5) is 38.3. The molecule has 1 aliphatic heterocycles. The van der Waals surface area contributed by atoms with Crippen molar-refractivity contribution in [3.8, 4) is 5.75 Å². The van der Waals surface area contributed by atoms with E-state index in [9.17, 15) is 14.4 Å². The molecule has 1 aliphatic rings. The van der Waals surface area contributed by atoms with Gasteiger partial charge in [-0.15, -0.1) is 6.58 Å². The fourth-order valence-electron chi connectivity index (χ4n) is 3.18. The zero-order chi connectivity index (χ0) is 22.4. The zero-order valence-electron chi connectivity index (χ0n) is 17.6. The summed E-state index contributed by atoms with van der Waals surface area (Å²) >= 11 is 0. The van der Waals surface area contributed by atoms with Gasteiger partial charge in [-0.3, -0.25) is 19.3 Å². The Morgan fingerprint density at radius 1 is 1.03 bits per heavy atom. The number of hydrogen-bond acceptors (Lipinski definition) is 5. The minimum atomic E-state index is -0.419. The zero-order valence-corrected chi connectivity index (χ0v) is 17.6. The van der Waals surface area contributed by atoms with Crippen molar-refractivity contribution in [2.45, 2.75) is 20.3 Å². The predicted molar refractivity (Wildman–Crippen MR) is 120 cm³/mol. The standard InChI is InChI=1S/C24H25N3O4/c1-4-14-27-23(29)21(17-6-12-20(13-7-17)31-15-5-2)22(24(27)30)26-19-10-8-18(9-11-19)25-16(3)28/h4,6-13,26H,1,5,14-15H2,2-3H3,(H,25,28). The molecule has 0 atom stereocenters. The molecule has 0 saturated heterocycles. The molecule has 0 fully saturated rings. The molecule has 3 amide bonds. The first-order chi connectivity index (χ1) is 14.9. The second-order valence-electron chi connectivity index (χ2n) is 7.02. The lowest BCUT2D eigenvalue weighted by Gasteiger charge is -2.12. The number of nitrogens with one attached hydrogen (secondary N) is 2. The lowest BCUT2D eigenvalue weighted by Crippen LogP contribution is -2.32. The molecule has 160 valence electrons. The Morgan fingerprint density at radius 3 is 2.26 bits per heavy atom. The number of amides is 3. The van der Waals surface area contributed by atoms with Crippen LogP contribution in [0.1, 0.15) is 25.8 Å². The van der Waals surface area contributed by atoms with E-state index in [4.69, 9.17) is 4.74 Å². The largest absolute Gasteiger partial charge is 0.494 e. The summed E-state index contributed by atoms with van der Waals surface area (Å²) < 4.78 is 5.60. The molecule has 2 N–H and O–H groups in total. The van der Waals surface area contributed by atoms with E-state index in [2.05, 4.69) is 17.2 Å². The molecule has 0 spiro atoms. The molecule has 0 radical (unpaired) electrons. The Labute approximate surface area is 181 Å². The van der Waals surface area contributed by atoms with Crippen molar-refractivity contribution in [2.75, 3.05) is 23.8 Å². The van der Waals surface area contributed by atoms with Crippen molar-refractivity contribution in [1.29, 1.82) is 0 Å². The average Bonchev–Trinajstić information content (AvgIpc) is 2.98. The highest BCUT2D eigenvalue weighted by atomic mass is 16.5. The van der Waals surface area contributed by atoms with Crippen molar-refractivity contribution in [3.63, 3.8) is 0 Å². The Balaban J connectivity index is 1.94. The third-order valence-corrected chi connectivity index (χ3v) is 4.57. The topological polar surface area (TPSA) is 87.7 Å². The Morgan fingerprint density at radius 2 is 1.68 bits per heavy atom. The minimum Gasteiger partial charge on any atom is -0.494 e. The number of benzene rings is 2. The Kier molecular flexibility index (Phi) is 6.87. The van der Waals surface area contributed by atoms with E-state index in [1.54, 1.807) is 48.5 Å². The molecule has 7 heteroatoms. The molecule has 0 bridgehead atoms. The van der Waals surface area contributed by atoms with Crippen LogP contribution in [0.3, 0.4) is 0 Å². The maximum Gasteiger partial charge on any atom is 0.278 e. The first-order valence-corrected chi connectivity index (χ1v) is 10.0. The molecule has 0 unspecified atom stereocenters. The van der Waals surface area contributed by atoms with Gasteiger partial charge in [-0.2, -0.15) is 0 Å². The summed E-state index contributed by atoms with van der Waals surface area (Å²) in [5.41, 5.74) is 2.36. The minimum absolute atomic E-state index is 0.117. The van der Waals surface area contributed by atoms with E-state index >= 15 is 0 Å². The Bertz CT molecular complexity index is 1020. The number of rotatable bonds is 9. The Hall–Kier alpha value is -3.87. The molecule has 2 aromatic carbocycles. The van der Waals surface area contributed by atoms with Crippen LogP contribution in [0.15, 0.2) is 66.9 Å². The molecule has 1 heterocycles. The first-order valence-electron chi connectivity index (χ1n) is 10.0. The van der Waals surface area contributed by atoms with Gasteiger partial charge in [0, 0.05) is 24.8 Å². The van der Waals surface area contributed by atoms with Crippen molar-refractivity contribution in [3.05, 3.63) is 72.4 Å². The van der Waals surface area contributed by atoms with Gasteiger partial charge in [0.2, 0.25) is 5.91 Å². The summed E-state index contributed by atoms with van der Waals surface area (Å²) in [6.07, 6.45) is 2.41. The highest BCUT2D eigenvalue weighted by Crippen LogP contribution is 2.31. The fourth-order valence-corrected chi connectivity index (χ4v) is 3.18. The predicted octanol–water partition coefficient (Wildman–Crippen LogP) is 3.81. The van der Waals surface area contributed by atoms with Crippen molar-refractivity contribution >= 4 is 34.7 Å². The third-order valence-electron chi connectivity index (χ3n) is 4.57. The average molecular weight is 419 g/mol. The van der Waals surface area contributed by atoms with Gasteiger partial charge >= 0.3 is 0 Å². The smallest absolute Gasteiger partial charge is 0.278 e. The molecule has 0 aliphatic carbocycles. The van der Waals surface area contributed by atoms with Crippen LogP contribution in [0.4, 0.5) is 11.4 Å². The van der Waals surface area contributed by atoms with Crippen LogP contribution >= 0.6 is 0 Å². The van der Waals surface area contributed by atoms with E-state index in [0.29, 0.717) is 34.9 Å². The summed E-state index contributed by atoms with van der Waals surface area (Å²) in [6, 6.07) is 14.0. The number of nitrogens with zero attached hydrogens (tertiary/aromatic N) is 1. The van der Waals surface area contributed by atoms with E-state index in [1.165, 1.54) is 13.0 Å². The maximum absolute atomic E-state index is 13.0. The summed E-state index contributed by atoms with van der Waals surface area (Å²) in [6.45, 7) is 7.81. The second kappa shape index (κ2) is 9.75. The monoisotopic (exact) mass is 419 g/mol. The summed E-state index contributed by atoms with van der Waals surface area (Å²) in [5.74, 6) is -0.274. The molecule has 0 saturated carbocycles. The van der Waals surface area contributed by atoms with Gasteiger partial charge in [-0.1, -0.05) is 25.1 Å². The molecule has 7 nitrogen and oxygen atoms in total. The molecule has 3 rings (SSSR count). The normalized spacial score (nSPS) is 13.4. The third kappa shape index (κ3) is 5.01. The van der Waals surface area contributed by atoms with Crippen LogP contribution in [0.2, 0.25) is 0 Å². The lowest BCUT2D eigenvalue weighted by atomic mass is 10.0. The maximum atomic E-state index is 13.0. The van der Waals surface area contributed by atoms with Crippen molar-refractivity contribution in [1.82, 2.24) is 4.90 Å². The van der Waals surface area contributed by atoms with Gasteiger partial charge in [0.05, 0.1) is 12.2 Å². The van der Waals surface area contributed by atoms with Crippen LogP contribution in [-0.4, -0.2) is 35.8 Å². The fraction of sp³-hybridized carbons (Fsp3) is 0.208. The molecule has 31 heavy (non-hydrogen) atoms. The molecule has 2 aromatic rings. The molecular formula is C24H25N3O4. The van der Waals surface area contributed by atoms with E-state index in [1.807, 2.05) is 6.92 Å². The van der Waals surface area contributed by atoms with Gasteiger partial charge in [-0.05, 0) is 48.4 Å². The van der Waals surface area contributed by atoms with Crippen LogP contribution in [0.25, 0.3) is 5.57 Å². The number of carbonyl (C=O) groups excluding carboxylic acids is 3. The highest BCUT2D eigenvalue weighted by Gasteiger charge is 2.38. The van der Waals surface area contributed by atoms with Gasteiger partial charge in [-0.25, -0.2) is 0 Å². The number of anilines is 2. The van der Waals surface area contributed by atoms with E-state index in [-0.39, 0.29) is 24.1 Å². The second-order valence-corrected chi connectivity index (χ2v) is 7.02. The SMILES string of the molecule is C=CCN1C(=O)C(Nc2ccc(NC(C)=O)cc2)=C(c2ccc(OCCC)cc2)C1=O. The van der Waals surface area contributed by atoms with Gasteiger partial charge in [0.15, 0.2) is 0 Å². The van der Waals surface area contributed by atoms with Crippen LogP contribution in [-0.2, 0) is 14.4 Å². The van der Waals surface area contributed by atoms with Crippen molar-refractivity contribution in [2.24, 2.45) is 0 Å². The number of hydrogen-bond donors (Lipinski definition) is 2. The first kappa shape index (κ1) is 21.8. The van der Waals surface area contributed by atoms with E-state index in [0.717, 1.165) is 11.3 Å². The van der Waals surface area contributed by atoms with Crippen LogP contribution in [0.5, 0.6) is 5.75 Å². The number of imide groups is 1. The van der Waals surface area contributed by atoms with Gasteiger partial charge in [0.25, 0.3) is 11.8 Å². The van der Waals surface area contributed by atoms with Crippen molar-refractivity contribution < 1.29 is 19.1 Å².